The normalized spacial score (nSPS) is 15.5. The highest BCUT2D eigenvalue weighted by Gasteiger charge is 2.29. The molecular weight excluding hydrogens is 404 g/mol. The summed E-state index contributed by atoms with van der Waals surface area (Å²) in [7, 11) is 0. The lowest BCUT2D eigenvalue weighted by molar-refractivity contribution is -0.142. The van der Waals surface area contributed by atoms with Gasteiger partial charge in [-0.25, -0.2) is 9.59 Å². The van der Waals surface area contributed by atoms with Crippen LogP contribution in [0.3, 0.4) is 0 Å². The van der Waals surface area contributed by atoms with Gasteiger partial charge in [0, 0.05) is 23.3 Å². The van der Waals surface area contributed by atoms with E-state index in [4.69, 9.17) is 9.47 Å². The van der Waals surface area contributed by atoms with E-state index in [9.17, 15) is 14.4 Å². The number of pyridine rings is 1. The summed E-state index contributed by atoms with van der Waals surface area (Å²) in [5.74, 6) is -1.04. The first-order chi connectivity index (χ1) is 14.5. The first kappa shape index (κ1) is 21.7. The quantitative estimate of drug-likeness (QED) is 0.534. The van der Waals surface area contributed by atoms with Gasteiger partial charge in [-0.05, 0) is 61.4 Å². The number of carbonyl (C=O) groups excluding carboxylic acids is 3. The van der Waals surface area contributed by atoms with E-state index in [1.165, 1.54) is 17.4 Å². The molecule has 0 fully saturated rings. The summed E-state index contributed by atoms with van der Waals surface area (Å²) in [5, 5.41) is 3.18. The van der Waals surface area contributed by atoms with Gasteiger partial charge in [0.05, 0.1) is 12.2 Å². The molecule has 30 heavy (non-hydrogen) atoms. The first-order valence-corrected chi connectivity index (χ1v) is 10.7. The second kappa shape index (κ2) is 10.2. The van der Waals surface area contributed by atoms with E-state index in [1.54, 1.807) is 37.5 Å². The molecule has 7 nitrogen and oxygen atoms in total. The van der Waals surface area contributed by atoms with Gasteiger partial charge >= 0.3 is 11.9 Å². The van der Waals surface area contributed by atoms with Crippen LogP contribution in [0.15, 0.2) is 30.6 Å². The molecule has 1 atom stereocenters. The van der Waals surface area contributed by atoms with Gasteiger partial charge in [0.25, 0.3) is 5.91 Å². The van der Waals surface area contributed by atoms with Crippen molar-refractivity contribution in [1.82, 2.24) is 4.98 Å². The highest BCUT2D eigenvalue weighted by Crippen LogP contribution is 2.40. The van der Waals surface area contributed by atoms with Crippen LogP contribution in [0.2, 0.25) is 0 Å². The van der Waals surface area contributed by atoms with Crippen molar-refractivity contribution in [3.8, 4) is 0 Å². The molecule has 0 aromatic carbocycles. The monoisotopic (exact) mass is 428 g/mol. The minimum absolute atomic E-state index is 0.259. The number of hydrogen-bond donors (Lipinski definition) is 1. The van der Waals surface area contributed by atoms with Crippen LogP contribution in [0.1, 0.15) is 46.6 Å². The van der Waals surface area contributed by atoms with Crippen LogP contribution in [0.5, 0.6) is 0 Å². The summed E-state index contributed by atoms with van der Waals surface area (Å²) in [6.07, 6.45) is 8.70. The van der Waals surface area contributed by atoms with Gasteiger partial charge in [-0.3, -0.25) is 9.78 Å². The van der Waals surface area contributed by atoms with Crippen molar-refractivity contribution in [2.45, 2.75) is 33.1 Å². The Labute approximate surface area is 179 Å². The summed E-state index contributed by atoms with van der Waals surface area (Å²) < 4.78 is 10.2. The smallest absolute Gasteiger partial charge is 0.341 e. The minimum atomic E-state index is -0.633. The number of amides is 1. The van der Waals surface area contributed by atoms with E-state index in [-0.39, 0.29) is 6.61 Å². The van der Waals surface area contributed by atoms with Gasteiger partial charge in [0.2, 0.25) is 0 Å². The molecule has 1 N–H and O–H groups in total. The number of hydrogen-bond acceptors (Lipinski definition) is 7. The Bertz CT molecular complexity index is 952. The highest BCUT2D eigenvalue weighted by atomic mass is 32.1. The van der Waals surface area contributed by atoms with Crippen LogP contribution in [0, 0.1) is 5.92 Å². The average molecular weight is 429 g/mol. The molecule has 8 heteroatoms. The molecule has 0 spiro atoms. The van der Waals surface area contributed by atoms with Crippen molar-refractivity contribution in [2.24, 2.45) is 5.92 Å². The molecule has 1 aliphatic carbocycles. The van der Waals surface area contributed by atoms with Crippen LogP contribution in [0.4, 0.5) is 5.00 Å². The number of carbonyl (C=O) groups is 3. The fraction of sp³-hybridized carbons (Fsp3) is 0.364. The molecule has 0 unspecified atom stereocenters. The third kappa shape index (κ3) is 5.54. The Morgan fingerprint density at radius 1 is 1.27 bits per heavy atom. The Hall–Kier alpha value is -3.00. The number of anilines is 1. The van der Waals surface area contributed by atoms with Crippen molar-refractivity contribution < 1.29 is 23.9 Å². The lowest BCUT2D eigenvalue weighted by Gasteiger charge is -2.18. The third-order valence-electron chi connectivity index (χ3n) is 4.71. The van der Waals surface area contributed by atoms with Crippen LogP contribution in [-0.4, -0.2) is 36.0 Å². The summed E-state index contributed by atoms with van der Waals surface area (Å²) in [6.45, 7) is 3.73. The Kier molecular flexibility index (Phi) is 7.35. The maximum absolute atomic E-state index is 12.5. The average Bonchev–Trinajstić information content (AvgIpc) is 3.08. The van der Waals surface area contributed by atoms with E-state index < -0.39 is 24.5 Å². The molecule has 2 aromatic heterocycles. The number of nitrogens with one attached hydrogen (secondary N) is 1. The van der Waals surface area contributed by atoms with E-state index in [0.717, 1.165) is 35.3 Å². The molecule has 0 bridgehead atoms. The first-order valence-electron chi connectivity index (χ1n) is 9.84. The zero-order valence-corrected chi connectivity index (χ0v) is 17.8. The van der Waals surface area contributed by atoms with Crippen molar-refractivity contribution >= 4 is 40.3 Å². The predicted molar refractivity (Wildman–Crippen MR) is 114 cm³/mol. The zero-order chi connectivity index (χ0) is 21.5. The SMILES string of the molecule is CCOC(=O)c1c(NC(=O)COC(=O)/C=C/c2ccncc2)sc2c1CC[C@@H](C)C2. The number of fused-ring (bicyclic) bond motifs is 1. The zero-order valence-electron chi connectivity index (χ0n) is 17.0. The fourth-order valence-corrected chi connectivity index (χ4v) is 4.66. The maximum atomic E-state index is 12.5. The van der Waals surface area contributed by atoms with Crippen LogP contribution >= 0.6 is 11.3 Å². The third-order valence-corrected chi connectivity index (χ3v) is 5.88. The van der Waals surface area contributed by atoms with Gasteiger partial charge in [-0.1, -0.05) is 6.92 Å². The molecule has 158 valence electrons. The lowest BCUT2D eigenvalue weighted by Crippen LogP contribution is -2.21. The van der Waals surface area contributed by atoms with E-state index in [2.05, 4.69) is 17.2 Å². The second-order valence-corrected chi connectivity index (χ2v) is 8.15. The fourth-order valence-electron chi connectivity index (χ4n) is 3.24. The van der Waals surface area contributed by atoms with Gasteiger partial charge in [0.1, 0.15) is 5.00 Å². The number of aromatic nitrogens is 1. The molecule has 0 radical (unpaired) electrons. The summed E-state index contributed by atoms with van der Waals surface area (Å²) in [6, 6.07) is 3.49. The minimum Gasteiger partial charge on any atom is -0.462 e. The maximum Gasteiger partial charge on any atom is 0.341 e. The van der Waals surface area contributed by atoms with Crippen LogP contribution < -0.4 is 5.32 Å². The van der Waals surface area contributed by atoms with Crippen LogP contribution in [-0.2, 0) is 31.9 Å². The molecule has 3 rings (SSSR count). The summed E-state index contributed by atoms with van der Waals surface area (Å²) in [4.78, 5) is 41.7. The van der Waals surface area contributed by atoms with Crippen molar-refractivity contribution in [3.05, 3.63) is 52.2 Å². The van der Waals surface area contributed by atoms with Gasteiger partial charge in [-0.15, -0.1) is 11.3 Å². The topological polar surface area (TPSA) is 94.6 Å². The van der Waals surface area contributed by atoms with Crippen LogP contribution in [0.25, 0.3) is 6.08 Å². The van der Waals surface area contributed by atoms with E-state index in [1.807, 2.05) is 0 Å². The van der Waals surface area contributed by atoms with E-state index in [0.29, 0.717) is 16.5 Å². The number of nitrogens with zero attached hydrogens (tertiary/aromatic N) is 1. The summed E-state index contributed by atoms with van der Waals surface area (Å²) >= 11 is 1.40. The van der Waals surface area contributed by atoms with Gasteiger partial charge in [-0.2, -0.15) is 0 Å². The molecule has 2 aromatic rings. The molecule has 0 saturated heterocycles. The molecule has 1 aliphatic rings. The second-order valence-electron chi connectivity index (χ2n) is 7.05. The molecule has 2 heterocycles. The number of ether oxygens (including phenoxy) is 2. The Morgan fingerprint density at radius 3 is 2.77 bits per heavy atom. The molecular formula is C22H24N2O5S. The standard InChI is InChI=1S/C22H24N2O5S/c1-3-28-22(27)20-16-6-4-14(2)12-17(16)30-21(20)24-18(25)13-29-19(26)7-5-15-8-10-23-11-9-15/h5,7-11,14H,3-4,6,12-13H2,1-2H3,(H,24,25)/b7-5+/t14-/m1/s1. The molecule has 1 amide bonds. The molecule has 0 saturated carbocycles. The van der Waals surface area contributed by atoms with Crippen molar-refractivity contribution in [2.75, 3.05) is 18.5 Å². The van der Waals surface area contributed by atoms with Crippen molar-refractivity contribution in [3.63, 3.8) is 0 Å². The van der Waals surface area contributed by atoms with Gasteiger partial charge in [0.15, 0.2) is 6.61 Å². The summed E-state index contributed by atoms with van der Waals surface area (Å²) in [5.41, 5.74) is 2.19. The molecule has 0 aliphatic heterocycles. The highest BCUT2D eigenvalue weighted by molar-refractivity contribution is 7.17. The lowest BCUT2D eigenvalue weighted by atomic mass is 9.88. The Morgan fingerprint density at radius 2 is 2.03 bits per heavy atom. The number of rotatable bonds is 7. The van der Waals surface area contributed by atoms with E-state index >= 15 is 0 Å². The number of thiophene rings is 1. The Balaban J connectivity index is 1.63. The predicted octanol–water partition coefficient (Wildman–Crippen LogP) is 3.64. The number of esters is 2. The van der Waals surface area contributed by atoms with Crippen molar-refractivity contribution in [1.29, 1.82) is 0 Å². The van der Waals surface area contributed by atoms with Gasteiger partial charge < -0.3 is 14.8 Å². The largest absolute Gasteiger partial charge is 0.462 e.